The Balaban J connectivity index is 2.28. The van der Waals surface area contributed by atoms with Crippen LogP contribution in [0.2, 0.25) is 10.0 Å². The summed E-state index contributed by atoms with van der Waals surface area (Å²) < 4.78 is 25.7. The molecule has 0 atom stereocenters. The Morgan fingerprint density at radius 3 is 2.08 bits per heavy atom. The molecule has 0 radical (unpaired) electrons. The molecule has 0 fully saturated rings. The van der Waals surface area contributed by atoms with Gasteiger partial charge in [0.05, 0.1) is 18.5 Å². The maximum Gasteiger partial charge on any atom is 0.251 e. The zero-order chi connectivity index (χ0) is 19.5. The Hall–Kier alpha value is -1.76. The molecule has 0 saturated carbocycles. The lowest BCUT2D eigenvalue weighted by Crippen LogP contribution is -2.30. The van der Waals surface area contributed by atoms with Gasteiger partial charge in [-0.1, -0.05) is 35.3 Å². The predicted octanol–water partition coefficient (Wildman–Crippen LogP) is 4.10. The molecule has 0 aromatic heterocycles. The molecule has 2 rings (SSSR count). The van der Waals surface area contributed by atoms with E-state index in [1.165, 1.54) is 10.4 Å². The van der Waals surface area contributed by atoms with Crippen LogP contribution in [0.5, 0.6) is 0 Å². The summed E-state index contributed by atoms with van der Waals surface area (Å²) in [5.74, 6) is -0.173. The van der Waals surface area contributed by atoms with Crippen LogP contribution in [-0.4, -0.2) is 26.6 Å². The number of carbonyl (C=O) groups is 1. The lowest BCUT2D eigenvalue weighted by Gasteiger charge is -2.23. The molecular weight excluding hydrogens is 395 g/mol. The van der Waals surface area contributed by atoms with E-state index in [4.69, 9.17) is 23.2 Å². The van der Waals surface area contributed by atoms with Crippen LogP contribution in [0.15, 0.2) is 42.5 Å². The fraction of sp³-hybridized carbons (Fsp3) is 0.278. The number of amides is 1. The predicted molar refractivity (Wildman–Crippen MR) is 107 cm³/mol. The molecule has 1 amide bonds. The van der Waals surface area contributed by atoms with E-state index in [0.29, 0.717) is 21.3 Å². The van der Waals surface area contributed by atoms with E-state index in [1.807, 2.05) is 13.8 Å². The minimum atomic E-state index is -3.56. The quantitative estimate of drug-likeness (QED) is 0.773. The van der Waals surface area contributed by atoms with Gasteiger partial charge in [0.2, 0.25) is 10.0 Å². The van der Waals surface area contributed by atoms with Gasteiger partial charge in [0.15, 0.2) is 0 Å². The van der Waals surface area contributed by atoms with E-state index in [9.17, 15) is 13.2 Å². The molecular formula is C18H20Cl2N2O3S. The van der Waals surface area contributed by atoms with E-state index >= 15 is 0 Å². The summed E-state index contributed by atoms with van der Waals surface area (Å²) in [6, 6.07) is 11.4. The third kappa shape index (κ3) is 5.62. The maximum absolute atomic E-state index is 12.2. The van der Waals surface area contributed by atoms with Crippen molar-refractivity contribution >= 4 is 44.8 Å². The highest BCUT2D eigenvalue weighted by Crippen LogP contribution is 2.28. The molecule has 0 aliphatic rings. The van der Waals surface area contributed by atoms with Crippen LogP contribution in [0.25, 0.3) is 0 Å². The SMILES string of the molecule is CC(C)NC(=O)c1ccc(CN(c2cc(Cl)cc(Cl)c2)S(C)(=O)=O)cc1. The van der Waals surface area contributed by atoms with Crippen LogP contribution in [0, 0.1) is 0 Å². The molecule has 26 heavy (non-hydrogen) atoms. The number of nitrogens with zero attached hydrogens (tertiary/aromatic N) is 1. The van der Waals surface area contributed by atoms with Crippen molar-refractivity contribution in [2.75, 3.05) is 10.6 Å². The van der Waals surface area contributed by atoms with Crippen molar-refractivity contribution < 1.29 is 13.2 Å². The Labute approximate surface area is 164 Å². The van der Waals surface area contributed by atoms with Gasteiger partial charge in [-0.2, -0.15) is 0 Å². The highest BCUT2D eigenvalue weighted by Gasteiger charge is 2.19. The van der Waals surface area contributed by atoms with Crippen LogP contribution >= 0.6 is 23.2 Å². The maximum atomic E-state index is 12.2. The molecule has 0 aliphatic heterocycles. The first kappa shape index (κ1) is 20.6. The van der Waals surface area contributed by atoms with Gasteiger partial charge in [0, 0.05) is 21.7 Å². The zero-order valence-corrected chi connectivity index (χ0v) is 17.0. The first-order valence-electron chi connectivity index (χ1n) is 7.90. The van der Waals surface area contributed by atoms with Gasteiger partial charge in [-0.25, -0.2) is 8.42 Å². The van der Waals surface area contributed by atoms with Crippen LogP contribution < -0.4 is 9.62 Å². The van der Waals surface area contributed by atoms with Gasteiger partial charge in [-0.05, 0) is 49.7 Å². The molecule has 0 heterocycles. The average Bonchev–Trinajstić information content (AvgIpc) is 2.50. The van der Waals surface area contributed by atoms with Gasteiger partial charge in [0.1, 0.15) is 0 Å². The topological polar surface area (TPSA) is 66.5 Å². The average molecular weight is 415 g/mol. The van der Waals surface area contributed by atoms with E-state index < -0.39 is 10.0 Å². The number of benzene rings is 2. The molecule has 8 heteroatoms. The van der Waals surface area contributed by atoms with Crippen molar-refractivity contribution in [2.45, 2.75) is 26.4 Å². The van der Waals surface area contributed by atoms with Gasteiger partial charge in [-0.15, -0.1) is 0 Å². The van der Waals surface area contributed by atoms with Crippen LogP contribution in [0.3, 0.4) is 0 Å². The Morgan fingerprint density at radius 2 is 1.62 bits per heavy atom. The lowest BCUT2D eigenvalue weighted by atomic mass is 10.1. The standard InChI is InChI=1S/C18H20Cl2N2O3S/c1-12(2)21-18(23)14-6-4-13(5-7-14)11-22(26(3,24)25)17-9-15(19)8-16(20)10-17/h4-10,12H,11H2,1-3H3,(H,21,23). The highest BCUT2D eigenvalue weighted by atomic mass is 35.5. The Kier molecular flexibility index (Phi) is 6.55. The van der Waals surface area contributed by atoms with Gasteiger partial charge in [0.25, 0.3) is 5.91 Å². The van der Waals surface area contributed by atoms with Crippen molar-refractivity contribution in [3.05, 3.63) is 63.6 Å². The van der Waals surface area contributed by atoms with E-state index in [-0.39, 0.29) is 18.5 Å². The number of rotatable bonds is 6. The van der Waals surface area contributed by atoms with E-state index in [1.54, 1.807) is 36.4 Å². The van der Waals surface area contributed by atoms with Crippen molar-refractivity contribution in [1.82, 2.24) is 5.32 Å². The third-order valence-corrected chi connectivity index (χ3v) is 5.07. The molecule has 0 unspecified atom stereocenters. The van der Waals surface area contributed by atoms with Crippen LogP contribution in [0.4, 0.5) is 5.69 Å². The largest absolute Gasteiger partial charge is 0.350 e. The second kappa shape index (κ2) is 8.29. The second-order valence-corrected chi connectivity index (χ2v) is 9.00. The number of hydrogen-bond donors (Lipinski definition) is 1. The minimum Gasteiger partial charge on any atom is -0.350 e. The number of halogens is 2. The highest BCUT2D eigenvalue weighted by molar-refractivity contribution is 7.92. The fourth-order valence-corrected chi connectivity index (χ4v) is 3.74. The van der Waals surface area contributed by atoms with Gasteiger partial charge < -0.3 is 5.32 Å². The number of anilines is 1. The van der Waals surface area contributed by atoms with Crippen molar-refractivity contribution in [1.29, 1.82) is 0 Å². The molecule has 5 nitrogen and oxygen atoms in total. The zero-order valence-electron chi connectivity index (χ0n) is 14.7. The Bertz CT molecular complexity index is 877. The lowest BCUT2D eigenvalue weighted by molar-refractivity contribution is 0.0943. The summed E-state index contributed by atoms with van der Waals surface area (Å²) in [7, 11) is -3.56. The molecule has 0 spiro atoms. The summed E-state index contributed by atoms with van der Waals surface area (Å²) in [4.78, 5) is 12.0. The summed E-state index contributed by atoms with van der Waals surface area (Å²) in [6.07, 6.45) is 1.12. The van der Waals surface area contributed by atoms with E-state index in [0.717, 1.165) is 11.8 Å². The smallest absolute Gasteiger partial charge is 0.251 e. The summed E-state index contributed by atoms with van der Waals surface area (Å²) in [5, 5.41) is 3.51. The van der Waals surface area contributed by atoms with Crippen molar-refractivity contribution in [3.8, 4) is 0 Å². The fourth-order valence-electron chi connectivity index (χ4n) is 2.36. The molecule has 140 valence electrons. The van der Waals surface area contributed by atoms with Gasteiger partial charge in [-0.3, -0.25) is 9.10 Å². The minimum absolute atomic E-state index is 0.0375. The molecule has 0 aliphatic carbocycles. The monoisotopic (exact) mass is 414 g/mol. The normalized spacial score (nSPS) is 11.5. The van der Waals surface area contributed by atoms with E-state index in [2.05, 4.69) is 5.32 Å². The number of sulfonamides is 1. The van der Waals surface area contributed by atoms with Gasteiger partial charge >= 0.3 is 0 Å². The number of nitrogens with one attached hydrogen (secondary N) is 1. The summed E-state index contributed by atoms with van der Waals surface area (Å²) in [5.41, 5.74) is 1.62. The third-order valence-electron chi connectivity index (χ3n) is 3.50. The van der Waals surface area contributed by atoms with Crippen LogP contribution in [-0.2, 0) is 16.6 Å². The summed E-state index contributed by atoms with van der Waals surface area (Å²) >= 11 is 12.0. The number of carbonyl (C=O) groups excluding carboxylic acids is 1. The van der Waals surface area contributed by atoms with Crippen molar-refractivity contribution in [3.63, 3.8) is 0 Å². The first-order chi connectivity index (χ1) is 12.1. The van der Waals surface area contributed by atoms with Crippen LogP contribution in [0.1, 0.15) is 29.8 Å². The molecule has 0 saturated heterocycles. The molecule has 1 N–H and O–H groups in total. The number of hydrogen-bond acceptors (Lipinski definition) is 3. The first-order valence-corrected chi connectivity index (χ1v) is 10.5. The van der Waals surface area contributed by atoms with Crippen molar-refractivity contribution in [2.24, 2.45) is 0 Å². The molecule has 2 aromatic rings. The molecule has 2 aromatic carbocycles. The Morgan fingerprint density at radius 1 is 1.08 bits per heavy atom. The summed E-state index contributed by atoms with van der Waals surface area (Å²) in [6.45, 7) is 3.86. The molecule has 0 bridgehead atoms. The second-order valence-electron chi connectivity index (χ2n) is 6.22.